The first-order chi connectivity index (χ1) is 18.9. The van der Waals surface area contributed by atoms with Gasteiger partial charge in [0, 0.05) is 33.8 Å². The highest BCUT2D eigenvalue weighted by Crippen LogP contribution is 2.53. The van der Waals surface area contributed by atoms with E-state index in [1.165, 1.54) is 23.8 Å². The predicted octanol–water partition coefficient (Wildman–Crippen LogP) is 2.10. The maximum absolute atomic E-state index is 13.9. The molecule has 2 aromatic rings. The van der Waals surface area contributed by atoms with E-state index in [4.69, 9.17) is 5.73 Å². The summed E-state index contributed by atoms with van der Waals surface area (Å²) in [6.45, 7) is 0.752. The molecule has 4 atom stereocenters. The number of rotatable bonds is 6. The number of phenols is 1. The van der Waals surface area contributed by atoms with Crippen molar-refractivity contribution in [1.82, 2.24) is 10.2 Å². The highest BCUT2D eigenvalue weighted by atomic mass is 32.1. The summed E-state index contributed by atoms with van der Waals surface area (Å²) in [7, 11) is 3.21. The number of ketones is 2. The second-order valence-electron chi connectivity index (χ2n) is 11.4. The van der Waals surface area contributed by atoms with Crippen LogP contribution in [0.1, 0.15) is 40.1 Å². The molecular weight excluding hydrogens is 534 g/mol. The van der Waals surface area contributed by atoms with Crippen LogP contribution in [0.3, 0.4) is 0 Å². The number of nitrogens with zero attached hydrogens (tertiary/aromatic N) is 1. The molecule has 11 heteroatoms. The first kappa shape index (κ1) is 26.7. The molecule has 210 valence electrons. The number of nitrogens with two attached hydrogens (primary N) is 1. The summed E-state index contributed by atoms with van der Waals surface area (Å²) in [5.41, 5.74) is 3.20. The van der Waals surface area contributed by atoms with Gasteiger partial charge in [-0.15, -0.1) is 11.3 Å². The smallest absolute Gasteiger partial charge is 0.255 e. The van der Waals surface area contributed by atoms with Crippen LogP contribution in [-0.2, 0) is 22.6 Å². The summed E-state index contributed by atoms with van der Waals surface area (Å²) in [6.07, 6.45) is 2.68. The first-order valence-corrected chi connectivity index (χ1v) is 14.1. The molecular formula is C29H31N3O7S. The molecule has 1 aromatic carbocycles. The van der Waals surface area contributed by atoms with Crippen molar-refractivity contribution in [2.75, 3.05) is 14.1 Å². The average Bonchev–Trinajstić information content (AvgIpc) is 3.60. The van der Waals surface area contributed by atoms with Gasteiger partial charge in [0.1, 0.15) is 22.8 Å². The number of phenolic OH excluding ortho intramolecular Hbond substituents is 1. The molecule has 0 radical (unpaired) electrons. The van der Waals surface area contributed by atoms with Crippen molar-refractivity contribution in [2.24, 2.45) is 17.6 Å². The third-order valence-corrected chi connectivity index (χ3v) is 9.79. The number of aliphatic hydroxyl groups is 3. The van der Waals surface area contributed by atoms with Gasteiger partial charge in [0.2, 0.25) is 5.78 Å². The van der Waals surface area contributed by atoms with E-state index < -0.39 is 58.0 Å². The van der Waals surface area contributed by atoms with E-state index in [9.17, 15) is 34.8 Å². The molecule has 0 saturated heterocycles. The molecule has 4 aliphatic carbocycles. The zero-order chi connectivity index (χ0) is 28.7. The second kappa shape index (κ2) is 9.27. The minimum Gasteiger partial charge on any atom is -0.510 e. The van der Waals surface area contributed by atoms with E-state index in [2.05, 4.69) is 5.32 Å². The standard InChI is InChI=1S/C29H31N3O7S/c1-32(2)23-17-10-12-9-16-15(19-8-5-14(40-19)11-31-13-3-4-13)6-7-18(33)21(16)24(34)20(12)26(36)29(17,39)27(37)22(25(23)35)28(30)38/h5-8,12-13,17,23,31,33,35-36,39H,3-4,9-11H2,1-2H3,(H2,30,38). The number of benzene rings is 1. The Morgan fingerprint density at radius 1 is 1.15 bits per heavy atom. The lowest BCUT2D eigenvalue weighted by Crippen LogP contribution is -2.63. The fourth-order valence-electron chi connectivity index (χ4n) is 6.63. The minimum absolute atomic E-state index is 0.0179. The van der Waals surface area contributed by atoms with E-state index in [0.29, 0.717) is 11.6 Å². The SMILES string of the molecule is CN(C)C1C(O)=C(C(N)=O)C(=O)C2(O)C(O)=C3C(=O)c4c(O)ccc(-c5ccc(CNC6CC6)s5)c4CC3CC12. The predicted molar refractivity (Wildman–Crippen MR) is 147 cm³/mol. The number of Topliss-reactive ketones (excluding diaryl/α,β-unsaturated/α-hetero) is 2. The van der Waals surface area contributed by atoms with Gasteiger partial charge in [-0.1, -0.05) is 0 Å². The Morgan fingerprint density at radius 2 is 1.88 bits per heavy atom. The normalized spacial score (nSPS) is 28.1. The Hall–Kier alpha value is -3.51. The molecule has 40 heavy (non-hydrogen) atoms. The number of hydrogen-bond donors (Lipinski definition) is 6. The summed E-state index contributed by atoms with van der Waals surface area (Å²) in [6, 6.07) is 6.79. The second-order valence-corrected chi connectivity index (χ2v) is 12.5. The molecule has 4 unspecified atom stereocenters. The van der Waals surface area contributed by atoms with Crippen LogP contribution in [-0.4, -0.2) is 74.6 Å². The van der Waals surface area contributed by atoms with Crippen molar-refractivity contribution in [3.8, 4) is 16.2 Å². The fraction of sp³-hybridized carbons (Fsp3) is 0.414. The van der Waals surface area contributed by atoms with Gasteiger partial charge in [0.15, 0.2) is 11.4 Å². The number of carbonyl (C=O) groups is 3. The van der Waals surface area contributed by atoms with Gasteiger partial charge in [0.25, 0.3) is 5.91 Å². The molecule has 0 aliphatic heterocycles. The Morgan fingerprint density at radius 3 is 2.52 bits per heavy atom. The van der Waals surface area contributed by atoms with E-state index in [1.807, 2.05) is 12.1 Å². The minimum atomic E-state index is -2.64. The number of aromatic hydroxyl groups is 1. The zero-order valence-corrected chi connectivity index (χ0v) is 22.9. The van der Waals surface area contributed by atoms with Crippen LogP contribution in [0.2, 0.25) is 0 Å². The Labute approximate surface area is 234 Å². The monoisotopic (exact) mass is 565 g/mol. The van der Waals surface area contributed by atoms with Crippen LogP contribution in [0.5, 0.6) is 5.75 Å². The van der Waals surface area contributed by atoms with Crippen molar-refractivity contribution in [3.05, 3.63) is 62.9 Å². The van der Waals surface area contributed by atoms with Crippen LogP contribution in [0.15, 0.2) is 46.9 Å². The number of aliphatic hydroxyl groups excluding tert-OH is 2. The van der Waals surface area contributed by atoms with Crippen molar-refractivity contribution in [3.63, 3.8) is 0 Å². The lowest BCUT2D eigenvalue weighted by molar-refractivity contribution is -0.148. The van der Waals surface area contributed by atoms with E-state index >= 15 is 0 Å². The van der Waals surface area contributed by atoms with Crippen molar-refractivity contribution in [1.29, 1.82) is 0 Å². The molecule has 1 amide bonds. The maximum atomic E-state index is 13.9. The molecule has 10 nitrogen and oxygen atoms in total. The lowest BCUT2D eigenvalue weighted by Gasteiger charge is -2.50. The van der Waals surface area contributed by atoms with Crippen LogP contribution in [0.25, 0.3) is 10.4 Å². The number of allylic oxidation sites excluding steroid dienone is 1. The molecule has 0 bridgehead atoms. The van der Waals surface area contributed by atoms with Gasteiger partial charge in [-0.25, -0.2) is 0 Å². The largest absolute Gasteiger partial charge is 0.510 e. The van der Waals surface area contributed by atoms with Gasteiger partial charge in [-0.2, -0.15) is 0 Å². The highest BCUT2D eigenvalue weighted by molar-refractivity contribution is 7.15. The summed E-state index contributed by atoms with van der Waals surface area (Å²) in [5, 5.41) is 48.3. The zero-order valence-electron chi connectivity index (χ0n) is 22.1. The van der Waals surface area contributed by atoms with Crippen molar-refractivity contribution >= 4 is 28.8 Å². The first-order valence-electron chi connectivity index (χ1n) is 13.3. The molecule has 7 N–H and O–H groups in total. The number of thiophene rings is 1. The molecule has 4 aliphatic rings. The quantitative estimate of drug-likeness (QED) is 0.287. The van der Waals surface area contributed by atoms with Crippen LogP contribution >= 0.6 is 11.3 Å². The molecule has 1 aromatic heterocycles. The van der Waals surface area contributed by atoms with E-state index in [-0.39, 0.29) is 29.7 Å². The third-order valence-electron chi connectivity index (χ3n) is 8.68. The molecule has 0 spiro atoms. The molecule has 6 rings (SSSR count). The van der Waals surface area contributed by atoms with E-state index in [0.717, 1.165) is 21.9 Å². The van der Waals surface area contributed by atoms with Crippen LogP contribution < -0.4 is 11.1 Å². The summed E-state index contributed by atoms with van der Waals surface area (Å²) < 4.78 is 0. The Kier molecular flexibility index (Phi) is 6.19. The van der Waals surface area contributed by atoms with Gasteiger partial charge in [0.05, 0.1) is 11.6 Å². The summed E-state index contributed by atoms with van der Waals surface area (Å²) in [4.78, 5) is 43.1. The number of nitrogens with one attached hydrogen (secondary N) is 1. The number of fused-ring (bicyclic) bond motifs is 3. The van der Waals surface area contributed by atoms with Gasteiger partial charge >= 0.3 is 0 Å². The highest BCUT2D eigenvalue weighted by Gasteiger charge is 2.63. The van der Waals surface area contributed by atoms with Gasteiger partial charge in [-0.3, -0.25) is 19.3 Å². The third kappa shape index (κ3) is 3.83. The topological polar surface area (TPSA) is 173 Å². The number of carbonyl (C=O) groups excluding carboxylic acids is 3. The van der Waals surface area contributed by atoms with Crippen LogP contribution in [0.4, 0.5) is 0 Å². The summed E-state index contributed by atoms with van der Waals surface area (Å²) >= 11 is 1.60. The van der Waals surface area contributed by atoms with E-state index in [1.54, 1.807) is 31.5 Å². The lowest BCUT2D eigenvalue weighted by atomic mass is 9.58. The fourth-order valence-corrected chi connectivity index (χ4v) is 7.64. The van der Waals surface area contributed by atoms with Crippen molar-refractivity contribution < 1.29 is 34.8 Å². The summed E-state index contributed by atoms with van der Waals surface area (Å²) in [5.74, 6) is -6.54. The number of hydrogen-bond acceptors (Lipinski definition) is 10. The molecule has 1 fully saturated rings. The average molecular weight is 566 g/mol. The van der Waals surface area contributed by atoms with Crippen molar-refractivity contribution in [2.45, 2.75) is 49.9 Å². The number of likely N-dealkylation sites (N-methyl/N-ethyl adjacent to an activating group) is 1. The molecule has 1 heterocycles. The van der Waals surface area contributed by atoms with Gasteiger partial charge < -0.3 is 31.5 Å². The number of amides is 1. The molecule has 1 saturated carbocycles. The Balaban J connectivity index is 1.46. The maximum Gasteiger partial charge on any atom is 0.255 e. The Bertz CT molecular complexity index is 1540. The van der Waals surface area contributed by atoms with Crippen LogP contribution in [0, 0.1) is 11.8 Å². The van der Waals surface area contributed by atoms with Gasteiger partial charge in [-0.05, 0) is 81.1 Å². The number of primary amides is 1.